The number of hydrogen-bond acceptors (Lipinski definition) is 4. The van der Waals surface area contributed by atoms with Gasteiger partial charge in [0, 0.05) is 43.5 Å². The molecule has 4 rings (SSSR count). The standard InChI is InChI=1S/C22H24Cl2N4O2/c23-16-8-9-17(28-12-4-7-19(28)29)15(20(16)24)13-27-11-2-1-6-18(27)21-14(22(25)30)5-3-10-26-21/h3,5,8-10,26H,1-2,4,6-7,11-13H2,(H2,25,30)/b21-18-. The molecule has 3 aliphatic rings. The lowest BCUT2D eigenvalue weighted by Crippen LogP contribution is -2.34. The Morgan fingerprint density at radius 3 is 2.70 bits per heavy atom. The van der Waals surface area contributed by atoms with Crippen LogP contribution in [-0.4, -0.2) is 29.8 Å². The van der Waals surface area contributed by atoms with E-state index in [0.717, 1.165) is 54.9 Å². The van der Waals surface area contributed by atoms with Crippen molar-refractivity contribution in [2.75, 3.05) is 18.0 Å². The highest BCUT2D eigenvalue weighted by atomic mass is 35.5. The summed E-state index contributed by atoms with van der Waals surface area (Å²) in [4.78, 5) is 28.4. The average molecular weight is 447 g/mol. The molecule has 30 heavy (non-hydrogen) atoms. The molecule has 3 heterocycles. The van der Waals surface area contributed by atoms with Gasteiger partial charge in [0.2, 0.25) is 5.91 Å². The fourth-order valence-electron chi connectivity index (χ4n) is 4.31. The second-order valence-corrected chi connectivity index (χ2v) is 8.44. The van der Waals surface area contributed by atoms with Crippen LogP contribution >= 0.6 is 23.2 Å². The van der Waals surface area contributed by atoms with Crippen molar-refractivity contribution in [1.29, 1.82) is 0 Å². The summed E-state index contributed by atoms with van der Waals surface area (Å²) in [6.45, 7) is 1.99. The van der Waals surface area contributed by atoms with Crippen LogP contribution in [0.5, 0.6) is 0 Å². The van der Waals surface area contributed by atoms with E-state index in [1.54, 1.807) is 29.3 Å². The van der Waals surface area contributed by atoms with Crippen molar-refractivity contribution in [3.8, 4) is 0 Å². The Balaban J connectivity index is 1.74. The SMILES string of the molecule is NC(=O)C1=CC=CN/C1=C1/CCCCN1Cc1c(N2CCCC2=O)ccc(Cl)c1Cl. The largest absolute Gasteiger partial charge is 0.369 e. The van der Waals surface area contributed by atoms with Crippen molar-refractivity contribution in [2.45, 2.75) is 38.6 Å². The molecule has 3 N–H and O–H groups in total. The molecule has 2 amide bonds. The first-order valence-electron chi connectivity index (χ1n) is 10.2. The topological polar surface area (TPSA) is 78.7 Å². The quantitative estimate of drug-likeness (QED) is 0.735. The molecule has 3 aliphatic heterocycles. The number of allylic oxidation sites excluding steroid dienone is 3. The summed E-state index contributed by atoms with van der Waals surface area (Å²) in [5, 5.41) is 4.13. The number of halogens is 2. The van der Waals surface area contributed by atoms with Gasteiger partial charge >= 0.3 is 0 Å². The maximum atomic E-state index is 12.4. The summed E-state index contributed by atoms with van der Waals surface area (Å²) in [6.07, 6.45) is 9.53. The van der Waals surface area contributed by atoms with Crippen LogP contribution < -0.4 is 16.0 Å². The highest BCUT2D eigenvalue weighted by molar-refractivity contribution is 6.42. The summed E-state index contributed by atoms with van der Waals surface area (Å²) in [5.41, 5.74) is 9.47. The zero-order valence-electron chi connectivity index (χ0n) is 16.6. The average Bonchev–Trinajstić information content (AvgIpc) is 3.17. The Kier molecular flexibility index (Phi) is 6.06. The Labute approximate surface area is 186 Å². The van der Waals surface area contributed by atoms with Gasteiger partial charge in [0.25, 0.3) is 5.91 Å². The number of nitrogens with two attached hydrogens (primary N) is 1. The summed E-state index contributed by atoms with van der Waals surface area (Å²) >= 11 is 13.0. The molecule has 8 heteroatoms. The van der Waals surface area contributed by atoms with Crippen LogP contribution in [0.15, 0.2) is 47.5 Å². The normalized spacial score (nSPS) is 21.7. The molecular weight excluding hydrogens is 423 g/mol. The predicted octanol–water partition coefficient (Wildman–Crippen LogP) is 3.85. The van der Waals surface area contributed by atoms with Gasteiger partial charge in [-0.05, 0) is 50.0 Å². The van der Waals surface area contributed by atoms with Gasteiger partial charge in [0.15, 0.2) is 0 Å². The van der Waals surface area contributed by atoms with Crippen LogP contribution in [0.1, 0.15) is 37.7 Å². The predicted molar refractivity (Wildman–Crippen MR) is 119 cm³/mol. The van der Waals surface area contributed by atoms with E-state index in [2.05, 4.69) is 10.2 Å². The van der Waals surface area contributed by atoms with Crippen LogP contribution in [0, 0.1) is 0 Å². The molecule has 1 aromatic carbocycles. The summed E-state index contributed by atoms with van der Waals surface area (Å²) < 4.78 is 0. The minimum absolute atomic E-state index is 0.102. The maximum absolute atomic E-state index is 12.4. The van der Waals surface area contributed by atoms with Crippen molar-refractivity contribution in [2.24, 2.45) is 5.73 Å². The first kappa shape index (κ1) is 20.8. The number of amides is 2. The van der Waals surface area contributed by atoms with E-state index < -0.39 is 5.91 Å². The molecule has 1 aromatic rings. The summed E-state index contributed by atoms with van der Waals surface area (Å²) in [6, 6.07) is 3.62. The van der Waals surface area contributed by atoms with E-state index in [1.165, 1.54) is 0 Å². The van der Waals surface area contributed by atoms with Crippen molar-refractivity contribution >= 4 is 40.7 Å². The second-order valence-electron chi connectivity index (χ2n) is 7.66. The fraction of sp³-hybridized carbons (Fsp3) is 0.364. The third-order valence-corrected chi connectivity index (χ3v) is 6.61. The lowest BCUT2D eigenvalue weighted by atomic mass is 9.99. The van der Waals surface area contributed by atoms with E-state index >= 15 is 0 Å². The Morgan fingerprint density at radius 1 is 1.13 bits per heavy atom. The lowest BCUT2D eigenvalue weighted by molar-refractivity contribution is -0.117. The van der Waals surface area contributed by atoms with Gasteiger partial charge in [-0.1, -0.05) is 23.2 Å². The Morgan fingerprint density at radius 2 is 1.97 bits per heavy atom. The molecule has 2 saturated heterocycles. The highest BCUT2D eigenvalue weighted by Crippen LogP contribution is 2.38. The van der Waals surface area contributed by atoms with Gasteiger partial charge in [0.1, 0.15) is 0 Å². The number of hydrogen-bond donors (Lipinski definition) is 2. The molecule has 0 atom stereocenters. The number of primary amides is 1. The first-order chi connectivity index (χ1) is 14.5. The Bertz CT molecular complexity index is 984. The van der Waals surface area contributed by atoms with Crippen molar-refractivity contribution in [3.05, 3.63) is 63.1 Å². The zero-order chi connectivity index (χ0) is 21.3. The molecule has 2 fully saturated rings. The Hall–Kier alpha value is -2.44. The molecule has 0 saturated carbocycles. The molecule has 0 bridgehead atoms. The molecule has 0 aliphatic carbocycles. The number of nitrogens with zero attached hydrogens (tertiary/aromatic N) is 2. The molecule has 158 valence electrons. The van der Waals surface area contributed by atoms with Crippen molar-refractivity contribution < 1.29 is 9.59 Å². The second kappa shape index (κ2) is 8.74. The van der Waals surface area contributed by atoms with Crippen molar-refractivity contribution in [1.82, 2.24) is 10.2 Å². The van der Waals surface area contributed by atoms with Gasteiger partial charge in [-0.25, -0.2) is 0 Å². The summed E-state index contributed by atoms with van der Waals surface area (Å²) in [7, 11) is 0. The van der Waals surface area contributed by atoms with Gasteiger partial charge in [-0.2, -0.15) is 0 Å². The number of carbonyl (C=O) groups excluding carboxylic acids is 2. The van der Waals surface area contributed by atoms with Gasteiger partial charge in [0.05, 0.1) is 27.0 Å². The van der Waals surface area contributed by atoms with E-state index in [-0.39, 0.29) is 5.91 Å². The fourth-order valence-corrected chi connectivity index (χ4v) is 4.70. The molecule has 0 radical (unpaired) electrons. The first-order valence-corrected chi connectivity index (χ1v) is 10.9. The molecule has 0 spiro atoms. The lowest BCUT2D eigenvalue weighted by Gasteiger charge is -2.35. The number of benzene rings is 1. The van der Waals surface area contributed by atoms with Crippen molar-refractivity contribution in [3.63, 3.8) is 0 Å². The molecule has 0 aromatic heterocycles. The highest BCUT2D eigenvalue weighted by Gasteiger charge is 2.29. The van der Waals surface area contributed by atoms with Crippen LogP contribution in [-0.2, 0) is 16.1 Å². The smallest absolute Gasteiger partial charge is 0.250 e. The number of likely N-dealkylation sites (tertiary alicyclic amines) is 1. The minimum atomic E-state index is -0.469. The van der Waals surface area contributed by atoms with E-state index in [1.807, 2.05) is 6.07 Å². The molecule has 0 unspecified atom stereocenters. The van der Waals surface area contributed by atoms with E-state index in [0.29, 0.717) is 35.1 Å². The van der Waals surface area contributed by atoms with Gasteiger partial charge in [-0.15, -0.1) is 0 Å². The maximum Gasteiger partial charge on any atom is 0.250 e. The number of anilines is 1. The van der Waals surface area contributed by atoms with Crippen LogP contribution in [0.3, 0.4) is 0 Å². The van der Waals surface area contributed by atoms with Gasteiger partial charge < -0.3 is 20.9 Å². The van der Waals surface area contributed by atoms with E-state index in [9.17, 15) is 9.59 Å². The van der Waals surface area contributed by atoms with Crippen LogP contribution in [0.25, 0.3) is 0 Å². The monoisotopic (exact) mass is 446 g/mol. The van der Waals surface area contributed by atoms with E-state index in [4.69, 9.17) is 28.9 Å². The minimum Gasteiger partial charge on any atom is -0.369 e. The molecular formula is C22H24Cl2N4O2. The number of carbonyl (C=O) groups is 2. The van der Waals surface area contributed by atoms with Crippen LogP contribution in [0.4, 0.5) is 5.69 Å². The third-order valence-electron chi connectivity index (χ3n) is 5.77. The summed E-state index contributed by atoms with van der Waals surface area (Å²) in [5.74, 6) is -0.367. The zero-order valence-corrected chi connectivity index (χ0v) is 18.1. The third kappa shape index (κ3) is 3.94. The number of rotatable bonds is 4. The number of nitrogens with one attached hydrogen (secondary N) is 1. The number of dihydropyridines is 1. The number of piperidine rings is 1. The van der Waals surface area contributed by atoms with Gasteiger partial charge in [-0.3, -0.25) is 9.59 Å². The van der Waals surface area contributed by atoms with Crippen LogP contribution in [0.2, 0.25) is 10.0 Å². The molecule has 6 nitrogen and oxygen atoms in total.